The molecule has 0 fully saturated rings. The Labute approximate surface area is 128 Å². The van der Waals surface area contributed by atoms with Crippen molar-refractivity contribution in [3.8, 4) is 11.1 Å². The highest BCUT2D eigenvalue weighted by Crippen LogP contribution is 2.26. The van der Waals surface area contributed by atoms with E-state index in [1.165, 1.54) is 5.56 Å². The van der Waals surface area contributed by atoms with Crippen molar-refractivity contribution >= 4 is 11.0 Å². The largest absolute Gasteiger partial charge is 0.262 e. The van der Waals surface area contributed by atoms with E-state index in [1.807, 2.05) is 47.3 Å². The van der Waals surface area contributed by atoms with Crippen molar-refractivity contribution in [1.82, 2.24) is 20.0 Å². The standard InChI is InChI=1S/C18H14N4/c1-3-7-14(8-4-1)13-22-18-16(15-9-5-2-6-10-15)11-19-12-17(18)20-21-22/h1-12H,13H2. The molecule has 4 nitrogen and oxygen atoms in total. The maximum atomic E-state index is 4.30. The van der Waals surface area contributed by atoms with Crippen LogP contribution in [-0.4, -0.2) is 20.0 Å². The quantitative estimate of drug-likeness (QED) is 0.578. The summed E-state index contributed by atoms with van der Waals surface area (Å²) in [6.45, 7) is 0.696. The molecule has 0 aliphatic heterocycles. The molecule has 0 N–H and O–H groups in total. The molecular weight excluding hydrogens is 272 g/mol. The Morgan fingerprint density at radius 3 is 2.32 bits per heavy atom. The average Bonchev–Trinajstić information content (AvgIpc) is 3.00. The molecule has 0 radical (unpaired) electrons. The number of nitrogens with zero attached hydrogens (tertiary/aromatic N) is 4. The second kappa shape index (κ2) is 5.41. The summed E-state index contributed by atoms with van der Waals surface area (Å²) in [7, 11) is 0. The number of rotatable bonds is 3. The van der Waals surface area contributed by atoms with Crippen molar-refractivity contribution in [2.24, 2.45) is 0 Å². The van der Waals surface area contributed by atoms with Crippen molar-refractivity contribution in [3.63, 3.8) is 0 Å². The fourth-order valence-corrected chi connectivity index (χ4v) is 2.63. The van der Waals surface area contributed by atoms with E-state index in [4.69, 9.17) is 0 Å². The maximum absolute atomic E-state index is 4.30. The molecule has 2 aromatic carbocycles. The minimum absolute atomic E-state index is 0.696. The Balaban J connectivity index is 1.87. The van der Waals surface area contributed by atoms with Crippen LogP contribution in [0.2, 0.25) is 0 Å². The van der Waals surface area contributed by atoms with Crippen molar-refractivity contribution in [3.05, 3.63) is 78.6 Å². The molecule has 0 amide bonds. The number of hydrogen-bond donors (Lipinski definition) is 0. The second-order valence-corrected chi connectivity index (χ2v) is 5.15. The smallest absolute Gasteiger partial charge is 0.132 e. The van der Waals surface area contributed by atoms with Crippen LogP contribution in [0.3, 0.4) is 0 Å². The third-order valence-corrected chi connectivity index (χ3v) is 3.68. The monoisotopic (exact) mass is 286 g/mol. The molecule has 0 saturated heterocycles. The first-order valence-electron chi connectivity index (χ1n) is 7.18. The Kier molecular flexibility index (Phi) is 3.12. The van der Waals surface area contributed by atoms with Gasteiger partial charge in [0.25, 0.3) is 0 Å². The molecule has 2 heterocycles. The fourth-order valence-electron chi connectivity index (χ4n) is 2.63. The van der Waals surface area contributed by atoms with Crippen LogP contribution < -0.4 is 0 Å². The molecule has 0 aliphatic rings. The molecule has 0 spiro atoms. The van der Waals surface area contributed by atoms with Crippen LogP contribution in [-0.2, 0) is 6.54 Å². The summed E-state index contributed by atoms with van der Waals surface area (Å²) in [6, 6.07) is 20.5. The second-order valence-electron chi connectivity index (χ2n) is 5.15. The van der Waals surface area contributed by atoms with Gasteiger partial charge in [0.1, 0.15) is 11.0 Å². The predicted molar refractivity (Wildman–Crippen MR) is 86.3 cm³/mol. The Morgan fingerprint density at radius 1 is 0.818 bits per heavy atom. The van der Waals surface area contributed by atoms with Gasteiger partial charge in [-0.25, -0.2) is 4.68 Å². The Bertz CT molecular complexity index is 898. The zero-order valence-corrected chi connectivity index (χ0v) is 11.9. The van der Waals surface area contributed by atoms with Gasteiger partial charge in [0.05, 0.1) is 12.7 Å². The van der Waals surface area contributed by atoms with Crippen LogP contribution in [0.1, 0.15) is 5.56 Å². The molecular formula is C18H14N4. The third-order valence-electron chi connectivity index (χ3n) is 3.68. The number of aromatic nitrogens is 4. The summed E-state index contributed by atoms with van der Waals surface area (Å²) < 4.78 is 1.94. The predicted octanol–water partition coefficient (Wildman–Crippen LogP) is 3.54. The van der Waals surface area contributed by atoms with Gasteiger partial charge in [-0.2, -0.15) is 0 Å². The lowest BCUT2D eigenvalue weighted by Crippen LogP contribution is -2.02. The van der Waals surface area contributed by atoms with Crippen LogP contribution in [0.5, 0.6) is 0 Å². The van der Waals surface area contributed by atoms with E-state index >= 15 is 0 Å². The Hall–Kier alpha value is -3.01. The zero-order valence-electron chi connectivity index (χ0n) is 11.9. The topological polar surface area (TPSA) is 43.6 Å². The van der Waals surface area contributed by atoms with Crippen LogP contribution in [0.4, 0.5) is 0 Å². The van der Waals surface area contributed by atoms with E-state index in [-0.39, 0.29) is 0 Å². The lowest BCUT2D eigenvalue weighted by molar-refractivity contribution is 0.670. The number of hydrogen-bond acceptors (Lipinski definition) is 3. The normalized spacial score (nSPS) is 10.9. The summed E-state index contributed by atoms with van der Waals surface area (Å²) in [6.07, 6.45) is 3.64. The number of pyridine rings is 1. The van der Waals surface area contributed by atoms with E-state index in [2.05, 4.69) is 39.6 Å². The average molecular weight is 286 g/mol. The Morgan fingerprint density at radius 2 is 1.55 bits per heavy atom. The SMILES string of the molecule is c1ccc(Cn2nnc3cncc(-c4ccccc4)c32)cc1. The molecule has 106 valence electrons. The van der Waals surface area contributed by atoms with Crippen molar-refractivity contribution in [2.45, 2.75) is 6.54 Å². The number of fused-ring (bicyclic) bond motifs is 1. The molecule has 0 saturated carbocycles. The molecule has 4 aromatic rings. The third kappa shape index (κ3) is 2.24. The van der Waals surface area contributed by atoms with E-state index in [0.717, 1.165) is 22.2 Å². The lowest BCUT2D eigenvalue weighted by Gasteiger charge is -2.07. The molecule has 4 heteroatoms. The van der Waals surface area contributed by atoms with Gasteiger partial charge >= 0.3 is 0 Å². The maximum Gasteiger partial charge on any atom is 0.132 e. The highest BCUT2D eigenvalue weighted by Gasteiger charge is 2.12. The minimum atomic E-state index is 0.696. The summed E-state index contributed by atoms with van der Waals surface area (Å²) >= 11 is 0. The van der Waals surface area contributed by atoms with Gasteiger partial charge in [0.2, 0.25) is 0 Å². The highest BCUT2D eigenvalue weighted by atomic mass is 15.4. The molecule has 4 rings (SSSR count). The highest BCUT2D eigenvalue weighted by molar-refractivity contribution is 5.90. The van der Waals surface area contributed by atoms with Gasteiger partial charge in [0, 0.05) is 11.8 Å². The van der Waals surface area contributed by atoms with Gasteiger partial charge in [0.15, 0.2) is 0 Å². The van der Waals surface area contributed by atoms with Crippen LogP contribution in [0.25, 0.3) is 22.2 Å². The van der Waals surface area contributed by atoms with E-state index in [9.17, 15) is 0 Å². The van der Waals surface area contributed by atoms with Gasteiger partial charge in [-0.3, -0.25) is 4.98 Å². The van der Waals surface area contributed by atoms with Crippen LogP contribution >= 0.6 is 0 Å². The van der Waals surface area contributed by atoms with Crippen molar-refractivity contribution < 1.29 is 0 Å². The molecule has 0 bridgehead atoms. The molecule has 22 heavy (non-hydrogen) atoms. The van der Waals surface area contributed by atoms with Crippen LogP contribution in [0.15, 0.2) is 73.1 Å². The van der Waals surface area contributed by atoms with Gasteiger partial charge in [-0.15, -0.1) is 5.10 Å². The zero-order chi connectivity index (χ0) is 14.8. The number of benzene rings is 2. The van der Waals surface area contributed by atoms with Crippen LogP contribution in [0, 0.1) is 0 Å². The lowest BCUT2D eigenvalue weighted by atomic mass is 10.1. The minimum Gasteiger partial charge on any atom is -0.262 e. The summed E-state index contributed by atoms with van der Waals surface area (Å²) in [5.74, 6) is 0. The molecule has 0 atom stereocenters. The molecule has 0 unspecified atom stereocenters. The van der Waals surface area contributed by atoms with Gasteiger partial charge in [-0.05, 0) is 11.1 Å². The van der Waals surface area contributed by atoms with Gasteiger partial charge < -0.3 is 0 Å². The van der Waals surface area contributed by atoms with Crippen molar-refractivity contribution in [1.29, 1.82) is 0 Å². The first-order valence-corrected chi connectivity index (χ1v) is 7.18. The summed E-state index contributed by atoms with van der Waals surface area (Å²) in [5, 5.41) is 8.55. The summed E-state index contributed by atoms with van der Waals surface area (Å²) in [4.78, 5) is 4.29. The first-order chi connectivity index (χ1) is 10.9. The van der Waals surface area contributed by atoms with Crippen molar-refractivity contribution in [2.75, 3.05) is 0 Å². The summed E-state index contributed by atoms with van der Waals surface area (Å²) in [5.41, 5.74) is 5.21. The van der Waals surface area contributed by atoms with E-state index in [0.29, 0.717) is 6.54 Å². The van der Waals surface area contributed by atoms with E-state index in [1.54, 1.807) is 6.20 Å². The first kappa shape index (κ1) is 12.7. The molecule has 2 aromatic heterocycles. The fraction of sp³-hybridized carbons (Fsp3) is 0.0556. The van der Waals surface area contributed by atoms with E-state index < -0.39 is 0 Å². The van der Waals surface area contributed by atoms with Gasteiger partial charge in [-0.1, -0.05) is 65.9 Å². The molecule has 0 aliphatic carbocycles.